The molecular formula is C28H36N4+2. The van der Waals surface area contributed by atoms with E-state index in [-0.39, 0.29) is 14.9 Å². The van der Waals surface area contributed by atoms with Gasteiger partial charge in [-0.2, -0.15) is 0 Å². The molecule has 4 nitrogen and oxygen atoms in total. The fraction of sp³-hybridized carbons (Fsp3) is 0.143. The summed E-state index contributed by atoms with van der Waals surface area (Å²) < 4.78 is 0. The maximum absolute atomic E-state index is 3.47. The zero-order chi connectivity index (χ0) is 20.8. The van der Waals surface area contributed by atoms with Crippen molar-refractivity contribution in [3.8, 4) is 0 Å². The van der Waals surface area contributed by atoms with Crippen LogP contribution in [-0.2, 0) is 0 Å². The van der Waals surface area contributed by atoms with Crippen molar-refractivity contribution in [1.82, 2.24) is 0 Å². The summed E-state index contributed by atoms with van der Waals surface area (Å²) in [5, 5.41) is 11.0. The maximum Gasteiger partial charge on any atom is 0.134 e. The van der Waals surface area contributed by atoms with Crippen LogP contribution in [0.2, 0.25) is 0 Å². The number of nitrogens with one attached hydrogen (secondary N) is 2. The molecule has 0 heterocycles. The van der Waals surface area contributed by atoms with Gasteiger partial charge in [-0.05, 0) is 55.5 Å². The van der Waals surface area contributed by atoms with Gasteiger partial charge >= 0.3 is 0 Å². The van der Waals surface area contributed by atoms with Gasteiger partial charge in [-0.1, -0.05) is 32.5 Å². The van der Waals surface area contributed by atoms with Crippen molar-refractivity contribution in [1.29, 1.82) is 0 Å². The zero-order valence-corrected chi connectivity index (χ0v) is 17.4. The molecule has 6 N–H and O–H groups in total. The highest BCUT2D eigenvalue weighted by Gasteiger charge is 2.04. The van der Waals surface area contributed by atoms with Gasteiger partial charge in [0.05, 0.1) is 0 Å². The van der Waals surface area contributed by atoms with Crippen LogP contribution in [0.15, 0.2) is 97.1 Å². The van der Waals surface area contributed by atoms with Gasteiger partial charge in [-0.15, -0.1) is 0 Å². The number of nitrogens with two attached hydrogens (primary N) is 2. The van der Waals surface area contributed by atoms with E-state index in [2.05, 4.69) is 125 Å². The Hall–Kier alpha value is -3.60. The molecule has 0 unspecified atom stereocenters. The van der Waals surface area contributed by atoms with Crippen molar-refractivity contribution in [3.63, 3.8) is 0 Å². The van der Waals surface area contributed by atoms with Crippen LogP contribution in [0.5, 0.6) is 0 Å². The number of anilines is 3. The molecule has 4 heteroatoms. The number of quaternary nitrogens is 2. The number of benzene rings is 4. The molecule has 0 saturated carbocycles. The first-order valence-corrected chi connectivity index (χ1v) is 10.2. The Bertz CT molecular complexity index is 1070. The van der Waals surface area contributed by atoms with Gasteiger partial charge in [0.1, 0.15) is 22.7 Å². The van der Waals surface area contributed by atoms with E-state index in [1.54, 1.807) is 0 Å². The van der Waals surface area contributed by atoms with Crippen molar-refractivity contribution in [2.24, 2.45) is 0 Å². The fourth-order valence-electron chi connectivity index (χ4n) is 3.29. The van der Waals surface area contributed by atoms with E-state index in [9.17, 15) is 0 Å². The minimum absolute atomic E-state index is 0. The molecule has 0 spiro atoms. The molecule has 0 bridgehead atoms. The second kappa shape index (κ2) is 11.7. The van der Waals surface area contributed by atoms with E-state index in [1.807, 2.05) is 7.05 Å². The normalized spacial score (nSPS) is 9.94. The highest BCUT2D eigenvalue weighted by molar-refractivity contribution is 5.62. The van der Waals surface area contributed by atoms with Crippen LogP contribution >= 0.6 is 0 Å². The summed E-state index contributed by atoms with van der Waals surface area (Å²) in [6.45, 7) is 2.11. The number of hydrogen-bond acceptors (Lipinski definition) is 2. The molecule has 0 atom stereocenters. The van der Waals surface area contributed by atoms with E-state index >= 15 is 0 Å². The van der Waals surface area contributed by atoms with Crippen molar-refractivity contribution in [2.75, 3.05) is 17.7 Å². The lowest BCUT2D eigenvalue weighted by Gasteiger charge is -2.08. The molecular weight excluding hydrogens is 392 g/mol. The Balaban J connectivity index is 0.00000181. The molecule has 32 heavy (non-hydrogen) atoms. The first kappa shape index (κ1) is 24.7. The second-order valence-corrected chi connectivity index (χ2v) is 7.44. The van der Waals surface area contributed by atoms with Gasteiger partial charge in [0, 0.05) is 60.5 Å². The highest BCUT2D eigenvalue weighted by Crippen LogP contribution is 2.19. The van der Waals surface area contributed by atoms with Crippen molar-refractivity contribution in [2.45, 2.75) is 21.8 Å². The first-order chi connectivity index (χ1) is 14.7. The standard InChI is InChI=1S/C26H26N4.2CH4/c1-19-3-5-21(6-4-19)28-23-11-13-25(14-12-23)30-26-17-15-24(16-18-26)29-22-9-7-20(27-2)8-10-22;;/h3-18,27-30H,1-2H3;2*1H4/p+2. The summed E-state index contributed by atoms with van der Waals surface area (Å²) >= 11 is 0. The molecule has 4 aromatic rings. The third-order valence-corrected chi connectivity index (χ3v) is 5.05. The van der Waals surface area contributed by atoms with Crippen molar-refractivity contribution >= 4 is 39.8 Å². The predicted octanol–water partition coefficient (Wildman–Crippen LogP) is 6.11. The SMILES string of the molecule is C.C.CNc1ccc([NH2+]c2ccc(Nc3ccc([NH2+]c4ccc(C)cc4)cc3)cc2)cc1. The van der Waals surface area contributed by atoms with Crippen LogP contribution in [0.25, 0.3) is 0 Å². The molecule has 0 aliphatic heterocycles. The largest absolute Gasteiger partial charge is 0.388 e. The minimum Gasteiger partial charge on any atom is -0.388 e. The monoisotopic (exact) mass is 428 g/mol. The van der Waals surface area contributed by atoms with E-state index in [0.717, 1.165) is 17.1 Å². The smallest absolute Gasteiger partial charge is 0.134 e. The molecule has 0 aromatic heterocycles. The summed E-state index contributed by atoms with van der Waals surface area (Å²) in [4.78, 5) is 0. The Morgan fingerprint density at radius 3 is 1.12 bits per heavy atom. The summed E-state index contributed by atoms with van der Waals surface area (Å²) in [6, 6.07) is 34.0. The zero-order valence-electron chi connectivity index (χ0n) is 17.4. The van der Waals surface area contributed by atoms with E-state index in [1.165, 1.54) is 28.3 Å². The molecule has 0 radical (unpaired) electrons. The van der Waals surface area contributed by atoms with E-state index in [0.29, 0.717) is 0 Å². The molecule has 166 valence electrons. The lowest BCUT2D eigenvalue weighted by molar-refractivity contribution is -0.479. The van der Waals surface area contributed by atoms with Crippen LogP contribution in [-0.4, -0.2) is 7.05 Å². The molecule has 0 saturated heterocycles. The second-order valence-electron chi connectivity index (χ2n) is 7.44. The third-order valence-electron chi connectivity index (χ3n) is 5.05. The van der Waals surface area contributed by atoms with Gasteiger partial charge in [-0.25, -0.2) is 0 Å². The van der Waals surface area contributed by atoms with Crippen molar-refractivity contribution < 1.29 is 10.6 Å². The lowest BCUT2D eigenvalue weighted by Crippen LogP contribution is -2.70. The predicted molar refractivity (Wildman–Crippen MR) is 139 cm³/mol. The van der Waals surface area contributed by atoms with Crippen LogP contribution in [0, 0.1) is 6.92 Å². The highest BCUT2D eigenvalue weighted by atomic mass is 14.9. The Labute approximate surface area is 192 Å². The summed E-state index contributed by atoms with van der Waals surface area (Å²) in [5.74, 6) is 0. The third kappa shape index (κ3) is 6.71. The quantitative estimate of drug-likeness (QED) is 0.269. The van der Waals surface area contributed by atoms with Gasteiger partial charge in [0.15, 0.2) is 0 Å². The maximum atomic E-state index is 3.47. The van der Waals surface area contributed by atoms with Crippen LogP contribution in [0.3, 0.4) is 0 Å². The number of aryl methyl sites for hydroxylation is 1. The van der Waals surface area contributed by atoms with E-state index < -0.39 is 0 Å². The van der Waals surface area contributed by atoms with E-state index in [4.69, 9.17) is 0 Å². The molecule has 0 amide bonds. The van der Waals surface area contributed by atoms with Gasteiger partial charge in [-0.3, -0.25) is 10.6 Å². The topological polar surface area (TPSA) is 57.3 Å². The van der Waals surface area contributed by atoms with Crippen LogP contribution < -0.4 is 21.3 Å². The summed E-state index contributed by atoms with van der Waals surface area (Å²) in [6.07, 6.45) is 0. The van der Waals surface area contributed by atoms with Gasteiger partial charge < -0.3 is 10.6 Å². The van der Waals surface area contributed by atoms with Crippen LogP contribution in [0.4, 0.5) is 39.8 Å². The average Bonchev–Trinajstić information content (AvgIpc) is 2.78. The fourth-order valence-corrected chi connectivity index (χ4v) is 3.29. The van der Waals surface area contributed by atoms with Crippen molar-refractivity contribution in [3.05, 3.63) is 103 Å². The average molecular weight is 429 g/mol. The Morgan fingerprint density at radius 1 is 0.469 bits per heavy atom. The van der Waals surface area contributed by atoms with Gasteiger partial charge in [0.2, 0.25) is 0 Å². The molecule has 4 rings (SSSR count). The molecule has 4 aromatic carbocycles. The lowest BCUT2D eigenvalue weighted by atomic mass is 10.2. The Morgan fingerprint density at radius 2 is 0.781 bits per heavy atom. The first-order valence-electron chi connectivity index (χ1n) is 10.2. The van der Waals surface area contributed by atoms with Crippen LogP contribution in [0.1, 0.15) is 20.4 Å². The minimum atomic E-state index is 0. The molecule has 0 fully saturated rings. The molecule has 0 aliphatic rings. The number of hydrogen-bond donors (Lipinski definition) is 4. The van der Waals surface area contributed by atoms with Gasteiger partial charge in [0.25, 0.3) is 0 Å². The molecule has 0 aliphatic carbocycles. The number of rotatable bonds is 7. The Kier molecular flexibility index (Phi) is 9.02. The summed E-state index contributed by atoms with van der Waals surface area (Å²) in [5.41, 5.74) is 9.34. The summed E-state index contributed by atoms with van der Waals surface area (Å²) in [7, 11) is 1.93.